The molecule has 0 saturated carbocycles. The standard InChI is InChI=1S/2C15H11N3.4CH2Cl2.2ClH.Ru/c2*1-3-10-16-12(6-1)14-8-5-9-15(18-14)13-7-2-4-11-17-13;4*2-1-3;;;/h2*1-11H;4*1H2;2*1H;/q;;;;;;;;+2/p-2. The summed E-state index contributed by atoms with van der Waals surface area (Å²) in [6.07, 6.45) is 7.07. The minimum Gasteiger partial charge on any atom is -1.00 e. The van der Waals surface area contributed by atoms with Gasteiger partial charge in [-0.15, -0.1) is 92.8 Å². The van der Waals surface area contributed by atoms with Crippen LogP contribution in [0.2, 0.25) is 0 Å². The quantitative estimate of drug-likeness (QED) is 0.157. The number of aromatic nitrogens is 6. The van der Waals surface area contributed by atoms with Gasteiger partial charge in [-0.2, -0.15) is 0 Å². The summed E-state index contributed by atoms with van der Waals surface area (Å²) in [6.45, 7) is 0. The van der Waals surface area contributed by atoms with Gasteiger partial charge in [0, 0.05) is 24.8 Å². The first-order valence-electron chi connectivity index (χ1n) is 13.6. The molecule has 0 bridgehead atoms. The molecule has 0 spiro atoms. The van der Waals surface area contributed by atoms with Crippen molar-refractivity contribution < 1.29 is 44.3 Å². The molecule has 274 valence electrons. The number of halogens is 10. The number of hydrogen-bond donors (Lipinski definition) is 0. The summed E-state index contributed by atoms with van der Waals surface area (Å²) in [5.41, 5.74) is 6.92. The maximum atomic E-state index is 4.76. The van der Waals surface area contributed by atoms with Crippen molar-refractivity contribution >= 4 is 92.8 Å². The molecule has 0 aliphatic heterocycles. The van der Waals surface area contributed by atoms with Crippen molar-refractivity contribution in [2.24, 2.45) is 0 Å². The first kappa shape index (κ1) is 53.8. The van der Waals surface area contributed by atoms with Gasteiger partial charge in [-0.1, -0.05) is 36.4 Å². The molecular formula is C34H30Cl10N6Ru. The van der Waals surface area contributed by atoms with E-state index in [1.807, 2.05) is 109 Å². The van der Waals surface area contributed by atoms with E-state index in [0.717, 1.165) is 45.6 Å². The third-order valence-electron chi connectivity index (χ3n) is 5.21. The van der Waals surface area contributed by atoms with Gasteiger partial charge in [0.05, 0.1) is 66.9 Å². The molecule has 0 atom stereocenters. The maximum absolute atomic E-state index is 4.76. The Bertz CT molecular complexity index is 1380. The van der Waals surface area contributed by atoms with Gasteiger partial charge in [0.2, 0.25) is 0 Å². The van der Waals surface area contributed by atoms with Crippen LogP contribution in [0.1, 0.15) is 0 Å². The average molecular weight is 978 g/mol. The van der Waals surface area contributed by atoms with E-state index in [-0.39, 0.29) is 65.6 Å². The van der Waals surface area contributed by atoms with Crippen LogP contribution in [0.4, 0.5) is 0 Å². The molecule has 0 fully saturated rings. The van der Waals surface area contributed by atoms with Crippen LogP contribution in [0.5, 0.6) is 0 Å². The van der Waals surface area contributed by atoms with Crippen molar-refractivity contribution in [1.82, 2.24) is 29.9 Å². The summed E-state index contributed by atoms with van der Waals surface area (Å²) in [5.74, 6) is 0. The maximum Gasteiger partial charge on any atom is 2.00 e. The van der Waals surface area contributed by atoms with E-state index in [4.69, 9.17) is 92.8 Å². The van der Waals surface area contributed by atoms with Crippen molar-refractivity contribution in [3.8, 4) is 45.6 Å². The molecule has 6 aromatic heterocycles. The van der Waals surface area contributed by atoms with Gasteiger partial charge < -0.3 is 24.8 Å². The first-order chi connectivity index (χ1) is 23.5. The molecule has 0 aromatic carbocycles. The normalized spacial score (nSPS) is 8.63. The van der Waals surface area contributed by atoms with E-state index in [1.165, 1.54) is 0 Å². The predicted molar refractivity (Wildman–Crippen MR) is 208 cm³/mol. The molecule has 0 N–H and O–H groups in total. The van der Waals surface area contributed by atoms with Gasteiger partial charge in [0.15, 0.2) is 0 Å². The minimum absolute atomic E-state index is 0. The zero-order valence-electron chi connectivity index (χ0n) is 26.3. The smallest absolute Gasteiger partial charge is 1.00 e. The van der Waals surface area contributed by atoms with Gasteiger partial charge in [0.1, 0.15) is 0 Å². The van der Waals surface area contributed by atoms with Crippen LogP contribution in [-0.2, 0) is 19.5 Å². The Morgan fingerprint density at radius 1 is 0.294 bits per heavy atom. The van der Waals surface area contributed by atoms with E-state index in [1.54, 1.807) is 24.8 Å². The second kappa shape index (κ2) is 36.8. The summed E-state index contributed by atoms with van der Waals surface area (Å²) < 4.78 is 0. The molecule has 0 aliphatic rings. The van der Waals surface area contributed by atoms with Crippen molar-refractivity contribution in [3.05, 3.63) is 134 Å². The van der Waals surface area contributed by atoms with E-state index in [2.05, 4.69) is 29.9 Å². The van der Waals surface area contributed by atoms with Crippen LogP contribution < -0.4 is 24.8 Å². The van der Waals surface area contributed by atoms with E-state index in [9.17, 15) is 0 Å². The number of nitrogens with zero attached hydrogens (tertiary/aromatic N) is 6. The van der Waals surface area contributed by atoms with Gasteiger partial charge in [-0.3, -0.25) is 19.9 Å². The molecule has 6 rings (SSSR count). The summed E-state index contributed by atoms with van der Waals surface area (Å²) in [5, 5.41) is 0.778. The van der Waals surface area contributed by atoms with Crippen LogP contribution in [0.15, 0.2) is 134 Å². The van der Waals surface area contributed by atoms with Gasteiger partial charge >= 0.3 is 19.5 Å². The van der Waals surface area contributed by atoms with Gasteiger partial charge in [-0.05, 0) is 72.8 Å². The summed E-state index contributed by atoms with van der Waals surface area (Å²) in [7, 11) is 0. The second-order valence-electron chi connectivity index (χ2n) is 8.08. The Hall–Kier alpha value is -1.58. The molecular weight excluding hydrogens is 948 g/mol. The Balaban J connectivity index is -0.000000662. The molecule has 6 aromatic rings. The monoisotopic (exact) mass is 974 g/mol. The van der Waals surface area contributed by atoms with E-state index in [0.29, 0.717) is 0 Å². The topological polar surface area (TPSA) is 77.3 Å². The molecule has 0 saturated heterocycles. The molecule has 0 unspecified atom stereocenters. The molecule has 0 amide bonds. The van der Waals surface area contributed by atoms with E-state index >= 15 is 0 Å². The molecule has 0 radical (unpaired) electrons. The first-order valence-corrected chi connectivity index (χ1v) is 17.9. The molecule has 17 heteroatoms. The van der Waals surface area contributed by atoms with Crippen molar-refractivity contribution in [3.63, 3.8) is 0 Å². The van der Waals surface area contributed by atoms with Crippen LogP contribution in [0.3, 0.4) is 0 Å². The second-order valence-corrected chi connectivity index (χ2v) is 11.3. The molecule has 6 heterocycles. The fourth-order valence-corrected chi connectivity index (χ4v) is 3.50. The third kappa shape index (κ3) is 23.7. The minimum atomic E-state index is 0. The van der Waals surface area contributed by atoms with Crippen LogP contribution >= 0.6 is 92.8 Å². The molecule has 0 aliphatic carbocycles. The number of rotatable bonds is 4. The largest absolute Gasteiger partial charge is 2.00 e. The number of alkyl halides is 8. The summed E-state index contributed by atoms with van der Waals surface area (Å²) >= 11 is 38.1. The van der Waals surface area contributed by atoms with Crippen LogP contribution in [0, 0.1) is 0 Å². The fourth-order valence-electron chi connectivity index (χ4n) is 3.50. The van der Waals surface area contributed by atoms with Crippen molar-refractivity contribution in [2.45, 2.75) is 0 Å². The number of pyridine rings is 6. The third-order valence-corrected chi connectivity index (χ3v) is 5.21. The zero-order chi connectivity index (χ0) is 35.2. The zero-order valence-corrected chi connectivity index (χ0v) is 35.6. The van der Waals surface area contributed by atoms with Crippen molar-refractivity contribution in [2.75, 3.05) is 21.4 Å². The van der Waals surface area contributed by atoms with Gasteiger partial charge in [-0.25, -0.2) is 9.97 Å². The summed E-state index contributed by atoms with van der Waals surface area (Å²) in [4.78, 5) is 26.4. The summed E-state index contributed by atoms with van der Waals surface area (Å²) in [6, 6.07) is 35.0. The van der Waals surface area contributed by atoms with Gasteiger partial charge in [0.25, 0.3) is 0 Å². The Morgan fingerprint density at radius 2 is 0.471 bits per heavy atom. The Kier molecular flexibility index (Phi) is 38.8. The predicted octanol–water partition coefficient (Wildman–Crippen LogP) is 6.10. The van der Waals surface area contributed by atoms with Crippen LogP contribution in [-0.4, -0.2) is 51.3 Å². The van der Waals surface area contributed by atoms with E-state index < -0.39 is 0 Å². The molecule has 51 heavy (non-hydrogen) atoms. The Morgan fingerprint density at radius 3 is 0.627 bits per heavy atom. The van der Waals surface area contributed by atoms with Crippen LogP contribution in [0.25, 0.3) is 45.6 Å². The molecule has 6 nitrogen and oxygen atoms in total. The fraction of sp³-hybridized carbons (Fsp3) is 0.118. The Labute approximate surface area is 364 Å². The van der Waals surface area contributed by atoms with Crippen molar-refractivity contribution in [1.29, 1.82) is 0 Å². The number of hydrogen-bond acceptors (Lipinski definition) is 6. The average Bonchev–Trinajstić information content (AvgIpc) is 3.15. The SMILES string of the molecule is ClCCl.ClCCl.ClCCl.ClCCl.[Cl-].[Cl-].[Ru+2].c1ccc(-c2cccc(-c3ccccn3)n2)nc1.c1ccc(-c2cccc(-c3ccccn3)n2)nc1.